The SMILES string of the molecule is O=Nc1ccc2c(c1)Oc1cc(N=O)ccc1C21C2=C(CC=CC=C2)c2ccccc21. The third kappa shape index (κ3) is 2.26. The van der Waals surface area contributed by atoms with Gasteiger partial charge in [-0.25, -0.2) is 0 Å². The summed E-state index contributed by atoms with van der Waals surface area (Å²) >= 11 is 0. The number of allylic oxidation sites excluding steroid dienone is 6. The fraction of sp³-hybridized carbons (Fsp3) is 0.0769. The van der Waals surface area contributed by atoms with Gasteiger partial charge < -0.3 is 4.74 Å². The van der Waals surface area contributed by atoms with Crippen LogP contribution in [0.1, 0.15) is 28.7 Å². The molecule has 0 amide bonds. The molecule has 0 radical (unpaired) electrons. The predicted molar refractivity (Wildman–Crippen MR) is 120 cm³/mol. The fourth-order valence-electron chi connectivity index (χ4n) is 5.22. The van der Waals surface area contributed by atoms with Crippen molar-refractivity contribution in [2.75, 3.05) is 0 Å². The first-order valence-corrected chi connectivity index (χ1v) is 10.1. The normalized spacial score (nSPS) is 16.6. The van der Waals surface area contributed by atoms with Crippen molar-refractivity contribution in [2.45, 2.75) is 11.8 Å². The van der Waals surface area contributed by atoms with Crippen molar-refractivity contribution >= 4 is 16.9 Å². The summed E-state index contributed by atoms with van der Waals surface area (Å²) in [6, 6.07) is 19.0. The Hall–Kier alpha value is -4.12. The van der Waals surface area contributed by atoms with E-state index in [2.05, 4.69) is 52.9 Å². The van der Waals surface area contributed by atoms with Crippen molar-refractivity contribution in [2.24, 2.45) is 10.4 Å². The molecule has 3 aliphatic rings. The lowest BCUT2D eigenvalue weighted by Gasteiger charge is -2.40. The molecule has 0 unspecified atom stereocenters. The highest BCUT2D eigenvalue weighted by atomic mass is 16.5. The van der Waals surface area contributed by atoms with Crippen molar-refractivity contribution < 1.29 is 4.74 Å². The molecule has 31 heavy (non-hydrogen) atoms. The average molecular weight is 404 g/mol. The van der Waals surface area contributed by atoms with E-state index in [4.69, 9.17) is 4.74 Å². The van der Waals surface area contributed by atoms with E-state index in [-0.39, 0.29) is 0 Å². The molecule has 0 fully saturated rings. The molecule has 3 aromatic carbocycles. The predicted octanol–water partition coefficient (Wildman–Crippen LogP) is 7.21. The summed E-state index contributed by atoms with van der Waals surface area (Å²) in [6.45, 7) is 0. The highest BCUT2D eigenvalue weighted by molar-refractivity contribution is 5.90. The van der Waals surface area contributed by atoms with Gasteiger partial charge >= 0.3 is 0 Å². The molecule has 1 spiro atoms. The molecule has 0 aromatic heterocycles. The van der Waals surface area contributed by atoms with Gasteiger partial charge in [-0.3, -0.25) is 0 Å². The van der Waals surface area contributed by atoms with Gasteiger partial charge in [0.15, 0.2) is 0 Å². The van der Waals surface area contributed by atoms with Gasteiger partial charge in [0.1, 0.15) is 22.9 Å². The Morgan fingerprint density at radius 2 is 1.45 bits per heavy atom. The second-order valence-corrected chi connectivity index (χ2v) is 7.82. The zero-order valence-electron chi connectivity index (χ0n) is 16.4. The van der Waals surface area contributed by atoms with Crippen LogP contribution >= 0.6 is 0 Å². The third-order valence-corrected chi connectivity index (χ3v) is 6.39. The van der Waals surface area contributed by atoms with Gasteiger partial charge in [-0.05, 0) is 51.2 Å². The average Bonchev–Trinajstić information content (AvgIpc) is 2.95. The highest BCUT2D eigenvalue weighted by Crippen LogP contribution is 2.62. The fourth-order valence-corrected chi connectivity index (χ4v) is 5.22. The second-order valence-electron chi connectivity index (χ2n) is 7.82. The number of hydrogen-bond acceptors (Lipinski definition) is 5. The van der Waals surface area contributed by atoms with Gasteiger partial charge in [0.25, 0.3) is 0 Å². The molecule has 0 atom stereocenters. The Balaban J connectivity index is 1.79. The van der Waals surface area contributed by atoms with E-state index < -0.39 is 5.41 Å². The molecule has 3 aromatic rings. The van der Waals surface area contributed by atoms with Crippen molar-refractivity contribution in [3.05, 3.63) is 123 Å². The summed E-state index contributed by atoms with van der Waals surface area (Å²) in [5.74, 6) is 1.11. The summed E-state index contributed by atoms with van der Waals surface area (Å²) in [6.07, 6.45) is 9.26. The van der Waals surface area contributed by atoms with E-state index in [1.807, 2.05) is 18.2 Å². The molecule has 1 aliphatic heterocycles. The first-order valence-electron chi connectivity index (χ1n) is 10.1. The molecule has 5 nitrogen and oxygen atoms in total. The number of ether oxygens (including phenoxy) is 1. The lowest BCUT2D eigenvalue weighted by molar-refractivity contribution is 0.436. The van der Waals surface area contributed by atoms with Crippen LogP contribution in [0.25, 0.3) is 5.57 Å². The van der Waals surface area contributed by atoms with Crippen LogP contribution in [0.5, 0.6) is 11.5 Å². The molecule has 0 saturated heterocycles. The smallest absolute Gasteiger partial charge is 0.134 e. The van der Waals surface area contributed by atoms with Crippen LogP contribution in [-0.2, 0) is 5.41 Å². The summed E-state index contributed by atoms with van der Waals surface area (Å²) in [5, 5.41) is 6.18. The van der Waals surface area contributed by atoms with Gasteiger partial charge in [-0.2, -0.15) is 0 Å². The number of nitrogens with zero attached hydrogens (tertiary/aromatic N) is 2. The molecule has 0 saturated carbocycles. The van der Waals surface area contributed by atoms with Crippen LogP contribution in [0.15, 0.2) is 101 Å². The number of rotatable bonds is 2. The summed E-state index contributed by atoms with van der Waals surface area (Å²) in [4.78, 5) is 22.5. The van der Waals surface area contributed by atoms with E-state index in [1.54, 1.807) is 24.3 Å². The van der Waals surface area contributed by atoms with Crippen molar-refractivity contribution in [1.82, 2.24) is 0 Å². The molecule has 2 aliphatic carbocycles. The van der Waals surface area contributed by atoms with Crippen LogP contribution in [0.2, 0.25) is 0 Å². The maximum atomic E-state index is 11.2. The lowest BCUT2D eigenvalue weighted by atomic mass is 9.65. The maximum Gasteiger partial charge on any atom is 0.134 e. The maximum absolute atomic E-state index is 11.2. The minimum atomic E-state index is -0.625. The lowest BCUT2D eigenvalue weighted by Crippen LogP contribution is -2.32. The van der Waals surface area contributed by atoms with Crippen molar-refractivity contribution in [1.29, 1.82) is 0 Å². The van der Waals surface area contributed by atoms with E-state index in [0.29, 0.717) is 22.9 Å². The Morgan fingerprint density at radius 1 is 0.774 bits per heavy atom. The van der Waals surface area contributed by atoms with Gasteiger partial charge in [-0.1, -0.05) is 60.7 Å². The van der Waals surface area contributed by atoms with E-state index >= 15 is 0 Å². The van der Waals surface area contributed by atoms with Gasteiger partial charge in [0, 0.05) is 23.3 Å². The zero-order valence-corrected chi connectivity index (χ0v) is 16.4. The molecular weight excluding hydrogens is 388 g/mol. The topological polar surface area (TPSA) is 68.1 Å². The van der Waals surface area contributed by atoms with Crippen molar-refractivity contribution in [3.8, 4) is 11.5 Å². The van der Waals surface area contributed by atoms with Crippen LogP contribution in [-0.4, -0.2) is 0 Å². The molecule has 0 bridgehead atoms. The standard InChI is InChI=1S/C26H16N2O3/c29-27-16-10-12-22-24(14-16)31-25-15-17(28-30)11-13-23(25)26(22)20-8-3-1-2-6-18(20)19-7-4-5-9-21(19)26/h1-5,7-15H,6H2. The highest BCUT2D eigenvalue weighted by Gasteiger charge is 2.51. The van der Waals surface area contributed by atoms with E-state index in [9.17, 15) is 9.81 Å². The second kappa shape index (κ2) is 6.44. The van der Waals surface area contributed by atoms with Gasteiger partial charge in [0.05, 0.1) is 5.41 Å². The van der Waals surface area contributed by atoms with Crippen LogP contribution in [0.4, 0.5) is 11.4 Å². The molecule has 5 heteroatoms. The summed E-state index contributed by atoms with van der Waals surface area (Å²) in [7, 11) is 0. The van der Waals surface area contributed by atoms with E-state index in [1.165, 1.54) is 16.7 Å². The third-order valence-electron chi connectivity index (χ3n) is 6.39. The quantitative estimate of drug-likeness (QED) is 0.424. The monoisotopic (exact) mass is 404 g/mol. The minimum absolute atomic E-state index is 0.292. The van der Waals surface area contributed by atoms with Crippen LogP contribution in [0.3, 0.4) is 0 Å². The van der Waals surface area contributed by atoms with Gasteiger partial charge in [-0.15, -0.1) is 9.81 Å². The largest absolute Gasteiger partial charge is 0.457 e. The van der Waals surface area contributed by atoms with E-state index in [0.717, 1.165) is 23.1 Å². The Bertz CT molecular complexity index is 1320. The number of hydrogen-bond donors (Lipinski definition) is 0. The van der Waals surface area contributed by atoms with Crippen LogP contribution in [0, 0.1) is 9.81 Å². The van der Waals surface area contributed by atoms with Crippen LogP contribution < -0.4 is 4.74 Å². The first kappa shape index (κ1) is 17.7. The Morgan fingerprint density at radius 3 is 2.13 bits per heavy atom. The minimum Gasteiger partial charge on any atom is -0.457 e. The molecular formula is C26H16N2O3. The molecule has 148 valence electrons. The summed E-state index contributed by atoms with van der Waals surface area (Å²) in [5.41, 5.74) is 6.64. The Kier molecular flexibility index (Phi) is 3.68. The summed E-state index contributed by atoms with van der Waals surface area (Å²) < 4.78 is 6.22. The zero-order chi connectivity index (χ0) is 21.0. The molecule has 6 rings (SSSR count). The molecule has 1 heterocycles. The molecule has 0 N–H and O–H groups in total. The number of nitroso groups, excluding NO2 is 2. The first-order chi connectivity index (χ1) is 15.3. The number of fused-ring (bicyclic) bond motifs is 8. The van der Waals surface area contributed by atoms with Crippen molar-refractivity contribution in [3.63, 3.8) is 0 Å². The van der Waals surface area contributed by atoms with Gasteiger partial charge in [0.2, 0.25) is 0 Å². The Labute approximate surface area is 178 Å². The number of benzene rings is 3.